The molecule has 1 aromatic carbocycles. The van der Waals surface area contributed by atoms with Crippen LogP contribution < -0.4 is 0 Å². The topological polar surface area (TPSA) is 46.3 Å². The van der Waals surface area contributed by atoms with Gasteiger partial charge in [0.1, 0.15) is 5.58 Å². The highest BCUT2D eigenvalue weighted by molar-refractivity contribution is 5.96. The van der Waals surface area contributed by atoms with Crippen molar-refractivity contribution in [3.05, 3.63) is 66.2 Å². The number of benzene rings is 1. The molecule has 1 amide bonds. The van der Waals surface area contributed by atoms with Crippen molar-refractivity contribution in [1.29, 1.82) is 0 Å². The van der Waals surface area contributed by atoms with E-state index >= 15 is 0 Å². The van der Waals surface area contributed by atoms with Gasteiger partial charge in [-0.3, -0.25) is 9.78 Å². The molecule has 2 heterocycles. The fraction of sp³-hybridized carbons (Fsp3) is 0.263. The largest absolute Gasteiger partial charge is 0.451 e. The van der Waals surface area contributed by atoms with Gasteiger partial charge in [-0.05, 0) is 35.7 Å². The number of carbonyl (C=O) groups is 1. The van der Waals surface area contributed by atoms with E-state index in [2.05, 4.69) is 18.8 Å². The predicted octanol–water partition coefficient (Wildman–Crippen LogP) is 4.13. The van der Waals surface area contributed by atoms with Crippen molar-refractivity contribution in [2.75, 3.05) is 6.54 Å². The molecule has 0 spiro atoms. The van der Waals surface area contributed by atoms with Crippen LogP contribution in [0.2, 0.25) is 0 Å². The maximum atomic E-state index is 12.9. The average Bonchev–Trinajstić information content (AvgIpc) is 2.98. The van der Waals surface area contributed by atoms with Gasteiger partial charge in [0.2, 0.25) is 0 Å². The zero-order valence-corrected chi connectivity index (χ0v) is 13.4. The molecule has 4 heteroatoms. The van der Waals surface area contributed by atoms with E-state index in [0.717, 1.165) is 16.5 Å². The van der Waals surface area contributed by atoms with Crippen LogP contribution in [0.3, 0.4) is 0 Å². The van der Waals surface area contributed by atoms with Crippen molar-refractivity contribution in [2.45, 2.75) is 20.4 Å². The Morgan fingerprint density at radius 3 is 2.61 bits per heavy atom. The smallest absolute Gasteiger partial charge is 0.289 e. The van der Waals surface area contributed by atoms with Crippen LogP contribution in [0.5, 0.6) is 0 Å². The minimum absolute atomic E-state index is 0.0771. The Morgan fingerprint density at radius 1 is 1.17 bits per heavy atom. The number of hydrogen-bond donors (Lipinski definition) is 0. The first-order valence-electron chi connectivity index (χ1n) is 7.80. The third-order valence-electron chi connectivity index (χ3n) is 3.63. The second-order valence-corrected chi connectivity index (χ2v) is 6.08. The van der Waals surface area contributed by atoms with Crippen LogP contribution in [0.25, 0.3) is 11.0 Å². The van der Waals surface area contributed by atoms with E-state index < -0.39 is 0 Å². The molecule has 0 saturated carbocycles. The molecule has 23 heavy (non-hydrogen) atoms. The normalized spacial score (nSPS) is 11.1. The summed E-state index contributed by atoms with van der Waals surface area (Å²) in [6.45, 7) is 5.44. The molecular formula is C19H20N2O2. The van der Waals surface area contributed by atoms with Crippen molar-refractivity contribution in [1.82, 2.24) is 9.88 Å². The second kappa shape index (κ2) is 6.65. The van der Waals surface area contributed by atoms with Gasteiger partial charge in [0, 0.05) is 30.9 Å². The number of fused-ring (bicyclic) bond motifs is 1. The van der Waals surface area contributed by atoms with Crippen LogP contribution in [0.15, 0.2) is 59.3 Å². The number of carbonyl (C=O) groups excluding carboxylic acids is 1. The molecule has 2 aromatic heterocycles. The van der Waals surface area contributed by atoms with Crippen molar-refractivity contribution < 1.29 is 9.21 Å². The summed E-state index contributed by atoms with van der Waals surface area (Å²) < 4.78 is 5.73. The Hall–Kier alpha value is -2.62. The van der Waals surface area contributed by atoms with E-state index in [9.17, 15) is 4.79 Å². The van der Waals surface area contributed by atoms with Crippen LogP contribution in [-0.4, -0.2) is 22.3 Å². The molecule has 0 aliphatic heterocycles. The number of rotatable bonds is 5. The zero-order valence-electron chi connectivity index (χ0n) is 13.4. The van der Waals surface area contributed by atoms with Crippen molar-refractivity contribution in [3.63, 3.8) is 0 Å². The van der Waals surface area contributed by atoms with Crippen molar-refractivity contribution >= 4 is 16.9 Å². The first kappa shape index (κ1) is 15.3. The fourth-order valence-corrected chi connectivity index (χ4v) is 2.61. The summed E-state index contributed by atoms with van der Waals surface area (Å²) in [5.74, 6) is 0.692. The minimum atomic E-state index is -0.0771. The van der Waals surface area contributed by atoms with Gasteiger partial charge in [0.05, 0.1) is 0 Å². The molecule has 0 unspecified atom stereocenters. The number of para-hydroxylation sites is 1. The molecule has 4 nitrogen and oxygen atoms in total. The van der Waals surface area contributed by atoms with Gasteiger partial charge < -0.3 is 9.32 Å². The van der Waals surface area contributed by atoms with Crippen LogP contribution in [0, 0.1) is 5.92 Å². The summed E-state index contributed by atoms with van der Waals surface area (Å²) in [6.07, 6.45) is 3.49. The quantitative estimate of drug-likeness (QED) is 0.712. The molecule has 0 atom stereocenters. The summed E-state index contributed by atoms with van der Waals surface area (Å²) in [7, 11) is 0. The summed E-state index contributed by atoms with van der Waals surface area (Å²) in [4.78, 5) is 18.7. The summed E-state index contributed by atoms with van der Waals surface area (Å²) >= 11 is 0. The van der Waals surface area contributed by atoms with Crippen molar-refractivity contribution in [3.8, 4) is 0 Å². The highest BCUT2D eigenvalue weighted by Gasteiger charge is 2.21. The highest BCUT2D eigenvalue weighted by Crippen LogP contribution is 2.21. The minimum Gasteiger partial charge on any atom is -0.451 e. The predicted molar refractivity (Wildman–Crippen MR) is 90.0 cm³/mol. The number of hydrogen-bond acceptors (Lipinski definition) is 3. The fourth-order valence-electron chi connectivity index (χ4n) is 2.61. The van der Waals surface area contributed by atoms with E-state index in [1.165, 1.54) is 0 Å². The first-order chi connectivity index (χ1) is 11.1. The van der Waals surface area contributed by atoms with Gasteiger partial charge >= 0.3 is 0 Å². The van der Waals surface area contributed by atoms with E-state index in [0.29, 0.717) is 24.8 Å². The van der Waals surface area contributed by atoms with E-state index in [1.54, 1.807) is 12.4 Å². The average molecular weight is 308 g/mol. The summed E-state index contributed by atoms with van der Waals surface area (Å²) in [5.41, 5.74) is 1.80. The van der Waals surface area contributed by atoms with Gasteiger partial charge in [-0.15, -0.1) is 0 Å². The van der Waals surface area contributed by atoms with Crippen LogP contribution in [0.1, 0.15) is 30.0 Å². The lowest BCUT2D eigenvalue weighted by atomic mass is 10.1. The van der Waals surface area contributed by atoms with Crippen LogP contribution in [0.4, 0.5) is 0 Å². The molecule has 3 aromatic rings. The van der Waals surface area contributed by atoms with Gasteiger partial charge in [0.15, 0.2) is 5.76 Å². The number of nitrogens with zero attached hydrogens (tertiary/aromatic N) is 2. The maximum absolute atomic E-state index is 12.9. The molecule has 0 fully saturated rings. The number of aromatic nitrogens is 1. The van der Waals surface area contributed by atoms with E-state index in [4.69, 9.17) is 4.42 Å². The molecule has 0 aliphatic rings. The Kier molecular flexibility index (Phi) is 4.42. The van der Waals surface area contributed by atoms with E-state index in [-0.39, 0.29) is 5.91 Å². The summed E-state index contributed by atoms with van der Waals surface area (Å²) in [5, 5.41) is 0.948. The van der Waals surface area contributed by atoms with Gasteiger partial charge in [0.25, 0.3) is 5.91 Å². The number of furan rings is 1. The van der Waals surface area contributed by atoms with E-state index in [1.807, 2.05) is 47.4 Å². The highest BCUT2D eigenvalue weighted by atomic mass is 16.3. The third kappa shape index (κ3) is 3.59. The first-order valence-corrected chi connectivity index (χ1v) is 7.80. The van der Waals surface area contributed by atoms with Crippen molar-refractivity contribution in [2.24, 2.45) is 5.92 Å². The molecule has 3 rings (SSSR count). The Bertz CT molecular complexity index is 760. The van der Waals surface area contributed by atoms with Crippen LogP contribution >= 0.6 is 0 Å². The Balaban J connectivity index is 1.87. The lowest BCUT2D eigenvalue weighted by Gasteiger charge is -2.23. The lowest BCUT2D eigenvalue weighted by Crippen LogP contribution is -2.33. The molecule has 118 valence electrons. The zero-order chi connectivity index (χ0) is 16.2. The molecule has 0 aliphatic carbocycles. The molecule has 0 saturated heterocycles. The Labute approximate surface area is 135 Å². The molecule has 0 radical (unpaired) electrons. The number of amides is 1. The second-order valence-electron chi connectivity index (χ2n) is 6.08. The maximum Gasteiger partial charge on any atom is 0.289 e. The summed E-state index contributed by atoms with van der Waals surface area (Å²) in [6, 6.07) is 13.3. The van der Waals surface area contributed by atoms with Gasteiger partial charge in [-0.2, -0.15) is 0 Å². The Morgan fingerprint density at radius 2 is 1.91 bits per heavy atom. The van der Waals surface area contributed by atoms with Gasteiger partial charge in [-0.25, -0.2) is 0 Å². The van der Waals surface area contributed by atoms with Crippen LogP contribution in [-0.2, 0) is 6.54 Å². The molecule has 0 bridgehead atoms. The third-order valence-corrected chi connectivity index (χ3v) is 3.63. The molecule has 0 N–H and O–H groups in total. The standard InChI is InChI=1S/C19H20N2O2/c1-14(2)12-21(13-15-7-9-20-10-8-15)19(22)18-11-16-5-3-4-6-17(16)23-18/h3-11,14H,12-13H2,1-2H3. The monoisotopic (exact) mass is 308 g/mol. The SMILES string of the molecule is CC(C)CN(Cc1ccncc1)C(=O)c1cc2ccccc2o1. The van der Waals surface area contributed by atoms with Gasteiger partial charge in [-0.1, -0.05) is 32.0 Å². The lowest BCUT2D eigenvalue weighted by molar-refractivity contribution is 0.0692. The molecular weight excluding hydrogens is 288 g/mol. The number of pyridine rings is 1.